The fourth-order valence-corrected chi connectivity index (χ4v) is 1.43. The smallest absolute Gasteiger partial charge is 0.316 e. The van der Waals surface area contributed by atoms with Crippen LogP contribution in [0.25, 0.3) is 0 Å². The summed E-state index contributed by atoms with van der Waals surface area (Å²) in [5.41, 5.74) is 0.931. The van der Waals surface area contributed by atoms with Crippen molar-refractivity contribution in [2.75, 3.05) is 12.4 Å². The molecule has 0 amide bonds. The zero-order valence-electron chi connectivity index (χ0n) is 9.84. The molecule has 90 valence electrons. The summed E-state index contributed by atoms with van der Waals surface area (Å²) >= 11 is 0. The van der Waals surface area contributed by atoms with Crippen LogP contribution in [0.2, 0.25) is 0 Å². The first-order valence-electron chi connectivity index (χ1n) is 5.44. The number of nitrogens with one attached hydrogen (secondary N) is 2. The van der Waals surface area contributed by atoms with Gasteiger partial charge in [0.15, 0.2) is 0 Å². The Labute approximate surface area is 99.5 Å². The van der Waals surface area contributed by atoms with Crippen molar-refractivity contribution in [3.63, 3.8) is 0 Å². The zero-order valence-corrected chi connectivity index (χ0v) is 9.84. The highest BCUT2D eigenvalue weighted by Crippen LogP contribution is 2.15. The van der Waals surface area contributed by atoms with Crippen molar-refractivity contribution < 1.29 is 4.42 Å². The Morgan fingerprint density at radius 1 is 1.35 bits per heavy atom. The summed E-state index contributed by atoms with van der Waals surface area (Å²) in [6.07, 6.45) is 1.76. The van der Waals surface area contributed by atoms with E-state index in [0.29, 0.717) is 18.5 Å². The average molecular weight is 233 g/mol. The number of pyridine rings is 1. The Hall–Kier alpha value is -1.95. The van der Waals surface area contributed by atoms with E-state index in [4.69, 9.17) is 4.42 Å². The van der Waals surface area contributed by atoms with Crippen molar-refractivity contribution in [2.45, 2.75) is 19.5 Å². The van der Waals surface area contributed by atoms with Gasteiger partial charge in [-0.3, -0.25) is 4.98 Å². The van der Waals surface area contributed by atoms with Crippen molar-refractivity contribution in [1.29, 1.82) is 0 Å². The molecule has 2 aromatic heterocycles. The van der Waals surface area contributed by atoms with Crippen LogP contribution in [0.5, 0.6) is 0 Å². The number of hydrogen-bond donors (Lipinski definition) is 2. The Morgan fingerprint density at radius 2 is 2.24 bits per heavy atom. The lowest BCUT2D eigenvalue weighted by molar-refractivity contribution is 0.485. The van der Waals surface area contributed by atoms with E-state index >= 15 is 0 Å². The predicted octanol–water partition coefficient (Wildman–Crippen LogP) is 1.36. The third kappa shape index (κ3) is 3.01. The summed E-state index contributed by atoms with van der Waals surface area (Å²) in [4.78, 5) is 4.25. The lowest BCUT2D eigenvalue weighted by Crippen LogP contribution is -2.08. The van der Waals surface area contributed by atoms with Crippen molar-refractivity contribution in [2.24, 2.45) is 0 Å². The molecule has 0 saturated carbocycles. The van der Waals surface area contributed by atoms with Crippen LogP contribution < -0.4 is 10.6 Å². The first-order valence-corrected chi connectivity index (χ1v) is 5.44. The lowest BCUT2D eigenvalue weighted by Gasteiger charge is -2.10. The summed E-state index contributed by atoms with van der Waals surface area (Å²) < 4.78 is 5.39. The Balaban J connectivity index is 2.00. The van der Waals surface area contributed by atoms with Gasteiger partial charge in [0.05, 0.1) is 18.3 Å². The third-order valence-electron chi connectivity index (χ3n) is 2.27. The van der Waals surface area contributed by atoms with Crippen LogP contribution in [0.15, 0.2) is 28.8 Å². The van der Waals surface area contributed by atoms with Crippen LogP contribution in [-0.4, -0.2) is 22.2 Å². The highest BCUT2D eigenvalue weighted by atomic mass is 16.4. The molecule has 1 atom stereocenters. The van der Waals surface area contributed by atoms with Crippen LogP contribution in [0.4, 0.5) is 6.01 Å². The minimum Gasteiger partial charge on any atom is -0.407 e. The molecule has 0 aliphatic carbocycles. The van der Waals surface area contributed by atoms with E-state index in [-0.39, 0.29) is 6.04 Å². The second-order valence-electron chi connectivity index (χ2n) is 3.65. The Kier molecular flexibility index (Phi) is 3.66. The molecular weight excluding hydrogens is 218 g/mol. The molecule has 0 aliphatic heterocycles. The molecular formula is C11H15N5O. The van der Waals surface area contributed by atoms with Gasteiger partial charge in [-0.15, -0.1) is 5.10 Å². The van der Waals surface area contributed by atoms with Gasteiger partial charge in [-0.2, -0.15) is 0 Å². The van der Waals surface area contributed by atoms with Crippen molar-refractivity contribution in [3.05, 3.63) is 36.0 Å². The van der Waals surface area contributed by atoms with Crippen LogP contribution in [0, 0.1) is 0 Å². The maximum atomic E-state index is 5.39. The van der Waals surface area contributed by atoms with E-state index in [1.165, 1.54) is 0 Å². The largest absolute Gasteiger partial charge is 0.407 e. The molecule has 2 aromatic rings. The molecule has 0 aliphatic rings. The normalized spacial score (nSPS) is 12.4. The summed E-state index contributed by atoms with van der Waals surface area (Å²) in [5, 5.41) is 13.8. The molecule has 0 aromatic carbocycles. The molecule has 0 saturated heterocycles. The van der Waals surface area contributed by atoms with Crippen LogP contribution in [0.3, 0.4) is 0 Å². The highest BCUT2D eigenvalue weighted by Gasteiger charge is 2.10. The monoisotopic (exact) mass is 233 g/mol. The Bertz CT molecular complexity index is 456. The SMILES string of the molecule is CNCc1nnc(NC(C)c2ccccn2)o1. The maximum Gasteiger partial charge on any atom is 0.316 e. The molecule has 1 unspecified atom stereocenters. The minimum atomic E-state index is 0.0269. The van der Waals surface area contributed by atoms with E-state index in [1.54, 1.807) is 6.20 Å². The van der Waals surface area contributed by atoms with Crippen molar-refractivity contribution >= 4 is 6.01 Å². The molecule has 6 nitrogen and oxygen atoms in total. The molecule has 6 heteroatoms. The first kappa shape index (κ1) is 11.5. The van der Waals surface area contributed by atoms with Gasteiger partial charge in [0.1, 0.15) is 0 Å². The molecule has 17 heavy (non-hydrogen) atoms. The van der Waals surface area contributed by atoms with Crippen molar-refractivity contribution in [3.8, 4) is 0 Å². The number of aromatic nitrogens is 3. The molecule has 0 fully saturated rings. The number of rotatable bonds is 5. The molecule has 2 N–H and O–H groups in total. The standard InChI is InChI=1S/C11H15N5O/c1-8(9-5-3-4-6-13-9)14-11-16-15-10(17-11)7-12-2/h3-6,8,12H,7H2,1-2H3,(H,14,16). The average Bonchev–Trinajstić information content (AvgIpc) is 2.78. The van der Waals surface area contributed by atoms with Gasteiger partial charge in [0, 0.05) is 6.20 Å². The van der Waals surface area contributed by atoms with Gasteiger partial charge < -0.3 is 15.1 Å². The molecule has 0 spiro atoms. The first-order chi connectivity index (χ1) is 8.29. The van der Waals surface area contributed by atoms with E-state index in [1.807, 2.05) is 32.2 Å². The fourth-order valence-electron chi connectivity index (χ4n) is 1.43. The van der Waals surface area contributed by atoms with Crippen LogP contribution >= 0.6 is 0 Å². The second kappa shape index (κ2) is 5.40. The summed E-state index contributed by atoms with van der Waals surface area (Å²) in [6, 6.07) is 6.21. The van der Waals surface area contributed by atoms with E-state index in [0.717, 1.165) is 5.69 Å². The highest BCUT2D eigenvalue weighted by molar-refractivity contribution is 5.24. The number of hydrogen-bond acceptors (Lipinski definition) is 6. The molecule has 0 bridgehead atoms. The Morgan fingerprint density at radius 3 is 2.94 bits per heavy atom. The van der Waals surface area contributed by atoms with Gasteiger partial charge in [-0.25, -0.2) is 0 Å². The third-order valence-corrected chi connectivity index (χ3v) is 2.27. The summed E-state index contributed by atoms with van der Waals surface area (Å²) in [7, 11) is 1.83. The maximum absolute atomic E-state index is 5.39. The van der Waals surface area contributed by atoms with Gasteiger partial charge in [0.25, 0.3) is 0 Å². The predicted molar refractivity (Wildman–Crippen MR) is 63.3 cm³/mol. The van der Waals surface area contributed by atoms with Gasteiger partial charge in [-0.05, 0) is 26.1 Å². The van der Waals surface area contributed by atoms with E-state index in [9.17, 15) is 0 Å². The van der Waals surface area contributed by atoms with Gasteiger partial charge >= 0.3 is 6.01 Å². The topological polar surface area (TPSA) is 75.9 Å². The van der Waals surface area contributed by atoms with Crippen LogP contribution in [-0.2, 0) is 6.54 Å². The quantitative estimate of drug-likeness (QED) is 0.812. The summed E-state index contributed by atoms with van der Waals surface area (Å²) in [5.74, 6) is 0.559. The number of anilines is 1. The molecule has 2 heterocycles. The minimum absolute atomic E-state index is 0.0269. The second-order valence-corrected chi connectivity index (χ2v) is 3.65. The summed E-state index contributed by atoms with van der Waals surface area (Å²) in [6.45, 7) is 2.55. The van der Waals surface area contributed by atoms with Crippen LogP contribution in [0.1, 0.15) is 24.6 Å². The number of nitrogens with zero attached hydrogens (tertiary/aromatic N) is 3. The van der Waals surface area contributed by atoms with Gasteiger partial charge in [-0.1, -0.05) is 11.2 Å². The molecule has 0 radical (unpaired) electrons. The molecule has 2 rings (SSSR count). The van der Waals surface area contributed by atoms with E-state index < -0.39 is 0 Å². The lowest BCUT2D eigenvalue weighted by atomic mass is 10.2. The fraction of sp³-hybridized carbons (Fsp3) is 0.364. The van der Waals surface area contributed by atoms with Gasteiger partial charge in [0.2, 0.25) is 5.89 Å². The van der Waals surface area contributed by atoms with Crippen molar-refractivity contribution in [1.82, 2.24) is 20.5 Å². The van der Waals surface area contributed by atoms with E-state index in [2.05, 4.69) is 25.8 Å². The zero-order chi connectivity index (χ0) is 12.1.